The van der Waals surface area contributed by atoms with Crippen molar-refractivity contribution in [1.29, 1.82) is 0 Å². The minimum atomic E-state index is -5.08. The Balaban J connectivity index is 0.000000718. The fourth-order valence-corrected chi connectivity index (χ4v) is 4.86. The molecular weight excluding hydrogens is 483 g/mol. The SMILES string of the molecule is COc1ccc(OC)c(S(=O)(=O)N(CCC(=O)N2CCNCC2)C(C)C)c1.O=C(O)C(F)(F)F. The average Bonchev–Trinajstić information content (AvgIpc) is 2.78. The Morgan fingerprint density at radius 1 is 1.18 bits per heavy atom. The number of methoxy groups -OCH3 is 2. The van der Waals surface area contributed by atoms with E-state index in [1.165, 1.54) is 24.6 Å². The molecule has 1 heterocycles. The van der Waals surface area contributed by atoms with Crippen molar-refractivity contribution in [2.75, 3.05) is 46.9 Å². The van der Waals surface area contributed by atoms with Crippen molar-refractivity contribution in [3.8, 4) is 11.5 Å². The molecule has 34 heavy (non-hydrogen) atoms. The van der Waals surface area contributed by atoms with E-state index in [0.29, 0.717) is 18.8 Å². The van der Waals surface area contributed by atoms with Gasteiger partial charge in [-0.1, -0.05) is 0 Å². The van der Waals surface area contributed by atoms with Crippen LogP contribution in [0.3, 0.4) is 0 Å². The lowest BCUT2D eigenvalue weighted by atomic mass is 10.3. The monoisotopic (exact) mass is 513 g/mol. The zero-order chi connectivity index (χ0) is 26.1. The molecule has 1 aromatic rings. The second kappa shape index (κ2) is 12.8. The summed E-state index contributed by atoms with van der Waals surface area (Å²) in [4.78, 5) is 23.1. The molecule has 0 spiro atoms. The first kappa shape index (κ1) is 29.5. The lowest BCUT2D eigenvalue weighted by Crippen LogP contribution is -2.47. The van der Waals surface area contributed by atoms with Crippen molar-refractivity contribution >= 4 is 21.9 Å². The Hall–Kier alpha value is -2.58. The normalized spacial score (nSPS) is 14.4. The highest BCUT2D eigenvalue weighted by atomic mass is 32.2. The summed E-state index contributed by atoms with van der Waals surface area (Å²) in [5.74, 6) is -2.12. The highest BCUT2D eigenvalue weighted by Crippen LogP contribution is 2.31. The van der Waals surface area contributed by atoms with Crippen molar-refractivity contribution in [2.24, 2.45) is 0 Å². The number of benzene rings is 1. The van der Waals surface area contributed by atoms with Gasteiger partial charge >= 0.3 is 12.1 Å². The van der Waals surface area contributed by atoms with E-state index in [4.69, 9.17) is 19.4 Å². The van der Waals surface area contributed by atoms with Crippen LogP contribution in [-0.4, -0.2) is 93.8 Å². The van der Waals surface area contributed by atoms with Gasteiger partial charge in [0.15, 0.2) is 0 Å². The molecule has 0 radical (unpaired) electrons. The average molecular weight is 514 g/mol. The Morgan fingerprint density at radius 2 is 1.74 bits per heavy atom. The molecule has 0 atom stereocenters. The number of halogens is 3. The minimum absolute atomic E-state index is 0.0324. The van der Waals surface area contributed by atoms with E-state index in [2.05, 4.69) is 5.32 Å². The highest BCUT2D eigenvalue weighted by Gasteiger charge is 2.38. The van der Waals surface area contributed by atoms with Gasteiger partial charge in [-0.05, 0) is 26.0 Å². The zero-order valence-corrected chi connectivity index (χ0v) is 20.2. The number of amides is 1. The maximum atomic E-state index is 13.3. The Kier molecular flexibility index (Phi) is 11.1. The van der Waals surface area contributed by atoms with Crippen molar-refractivity contribution in [2.45, 2.75) is 37.4 Å². The summed E-state index contributed by atoms with van der Waals surface area (Å²) in [6, 6.07) is 4.35. The number of alkyl halides is 3. The smallest absolute Gasteiger partial charge is 0.490 e. The van der Waals surface area contributed by atoms with Gasteiger partial charge in [-0.3, -0.25) is 4.79 Å². The lowest BCUT2D eigenvalue weighted by Gasteiger charge is -2.30. The van der Waals surface area contributed by atoms with Crippen LogP contribution in [0.15, 0.2) is 23.1 Å². The maximum Gasteiger partial charge on any atom is 0.490 e. The van der Waals surface area contributed by atoms with Gasteiger partial charge in [0.25, 0.3) is 0 Å². The molecule has 0 bridgehead atoms. The van der Waals surface area contributed by atoms with Crippen molar-refractivity contribution in [3.05, 3.63) is 18.2 Å². The summed E-state index contributed by atoms with van der Waals surface area (Å²) in [5.41, 5.74) is 0. The number of piperazine rings is 1. The van der Waals surface area contributed by atoms with Crippen LogP contribution in [0, 0.1) is 0 Å². The Morgan fingerprint density at radius 3 is 2.18 bits per heavy atom. The van der Waals surface area contributed by atoms with Crippen molar-refractivity contribution < 1.29 is 45.8 Å². The molecule has 10 nitrogen and oxygen atoms in total. The van der Waals surface area contributed by atoms with Gasteiger partial charge in [0.05, 0.1) is 14.2 Å². The van der Waals surface area contributed by atoms with E-state index in [-0.39, 0.29) is 35.6 Å². The summed E-state index contributed by atoms with van der Waals surface area (Å²) >= 11 is 0. The highest BCUT2D eigenvalue weighted by molar-refractivity contribution is 7.89. The molecular formula is C20H30F3N3O7S. The van der Waals surface area contributed by atoms with Crippen LogP contribution in [0.25, 0.3) is 0 Å². The first-order valence-electron chi connectivity index (χ1n) is 10.3. The summed E-state index contributed by atoms with van der Waals surface area (Å²) in [7, 11) is -0.955. The van der Waals surface area contributed by atoms with Gasteiger partial charge in [-0.2, -0.15) is 17.5 Å². The number of carbonyl (C=O) groups is 2. The first-order valence-corrected chi connectivity index (χ1v) is 11.7. The largest absolute Gasteiger partial charge is 0.497 e. The van der Waals surface area contributed by atoms with Gasteiger partial charge in [0, 0.05) is 51.3 Å². The van der Waals surface area contributed by atoms with E-state index in [0.717, 1.165) is 13.1 Å². The van der Waals surface area contributed by atoms with E-state index in [1.807, 2.05) is 0 Å². The number of hydrogen-bond donors (Lipinski definition) is 2. The van der Waals surface area contributed by atoms with E-state index in [9.17, 15) is 26.4 Å². The van der Waals surface area contributed by atoms with Gasteiger partial charge < -0.3 is 24.8 Å². The standard InChI is InChI=1S/C18H29N3O5S.C2HF3O2/c1-14(2)21(10-7-18(22)20-11-8-19-9-12-20)27(23,24)17-13-15(25-3)5-6-16(17)26-4;3-2(4,5)1(6)7/h5-6,13-14,19H,7-12H2,1-4H3;(H,6,7). The number of aliphatic carboxylic acids is 1. The number of carboxylic acids is 1. The molecule has 0 aromatic heterocycles. The van der Waals surface area contributed by atoms with Crippen molar-refractivity contribution in [3.63, 3.8) is 0 Å². The van der Waals surface area contributed by atoms with Crippen LogP contribution in [0.5, 0.6) is 11.5 Å². The van der Waals surface area contributed by atoms with E-state index < -0.39 is 22.2 Å². The number of nitrogens with zero attached hydrogens (tertiary/aromatic N) is 2. The van der Waals surface area contributed by atoms with E-state index >= 15 is 0 Å². The van der Waals surface area contributed by atoms with Crippen LogP contribution in [-0.2, 0) is 19.6 Å². The van der Waals surface area contributed by atoms with Crippen LogP contribution in [0.2, 0.25) is 0 Å². The van der Waals surface area contributed by atoms with Gasteiger partial charge in [0.1, 0.15) is 16.4 Å². The molecule has 2 rings (SSSR count). The molecule has 1 aliphatic heterocycles. The second-order valence-electron chi connectivity index (χ2n) is 7.41. The fraction of sp³-hybridized carbons (Fsp3) is 0.600. The molecule has 1 aliphatic rings. The molecule has 0 saturated carbocycles. The zero-order valence-electron chi connectivity index (χ0n) is 19.4. The van der Waals surface area contributed by atoms with Crippen LogP contribution < -0.4 is 14.8 Å². The molecule has 1 saturated heterocycles. The van der Waals surface area contributed by atoms with Gasteiger partial charge in [-0.15, -0.1) is 0 Å². The number of sulfonamides is 1. The minimum Gasteiger partial charge on any atom is -0.497 e. The summed E-state index contributed by atoms with van der Waals surface area (Å²) in [6.07, 6.45) is -4.94. The fourth-order valence-electron chi connectivity index (χ4n) is 3.05. The Labute approximate surface area is 196 Å². The van der Waals surface area contributed by atoms with Crippen LogP contribution >= 0.6 is 0 Å². The molecule has 194 valence electrons. The molecule has 1 fully saturated rings. The first-order chi connectivity index (χ1) is 15.7. The predicted molar refractivity (Wildman–Crippen MR) is 116 cm³/mol. The summed E-state index contributed by atoms with van der Waals surface area (Å²) in [5, 5.41) is 10.3. The summed E-state index contributed by atoms with van der Waals surface area (Å²) in [6.45, 7) is 6.52. The van der Waals surface area contributed by atoms with Gasteiger partial charge in [0.2, 0.25) is 15.9 Å². The molecule has 14 heteroatoms. The molecule has 2 N–H and O–H groups in total. The third-order valence-electron chi connectivity index (χ3n) is 4.79. The number of carbonyl (C=O) groups excluding carboxylic acids is 1. The quantitative estimate of drug-likeness (QED) is 0.537. The number of hydrogen-bond acceptors (Lipinski definition) is 7. The van der Waals surface area contributed by atoms with E-state index in [1.54, 1.807) is 30.9 Å². The van der Waals surface area contributed by atoms with Crippen LogP contribution in [0.4, 0.5) is 13.2 Å². The molecule has 0 unspecified atom stereocenters. The number of carboxylic acid groups (broad SMARTS) is 1. The number of nitrogens with one attached hydrogen (secondary N) is 1. The third kappa shape index (κ3) is 8.33. The maximum absolute atomic E-state index is 13.3. The summed E-state index contributed by atoms with van der Waals surface area (Å²) < 4.78 is 70.0. The number of rotatable bonds is 8. The molecule has 1 amide bonds. The third-order valence-corrected chi connectivity index (χ3v) is 6.89. The number of ether oxygens (including phenoxy) is 2. The lowest BCUT2D eigenvalue weighted by molar-refractivity contribution is -0.192. The second-order valence-corrected chi connectivity index (χ2v) is 9.27. The van der Waals surface area contributed by atoms with Crippen molar-refractivity contribution in [1.82, 2.24) is 14.5 Å². The van der Waals surface area contributed by atoms with Gasteiger partial charge in [-0.25, -0.2) is 13.2 Å². The van der Waals surface area contributed by atoms with Crippen LogP contribution in [0.1, 0.15) is 20.3 Å². The molecule has 1 aromatic carbocycles. The predicted octanol–water partition coefficient (Wildman–Crippen LogP) is 1.56. The molecule has 0 aliphatic carbocycles. The topological polar surface area (TPSA) is 125 Å². The Bertz CT molecular complexity index is 934.